The number of nitrogens with one attached hydrogen (secondary N) is 2. The Balaban J connectivity index is 3.24. The summed E-state index contributed by atoms with van der Waals surface area (Å²) in [4.78, 5) is 52.3. The Bertz CT molecular complexity index is 954. The highest BCUT2D eigenvalue weighted by molar-refractivity contribution is 7.98. The predicted octanol–water partition coefficient (Wildman–Crippen LogP) is 2.88. The van der Waals surface area contributed by atoms with Gasteiger partial charge in [0.25, 0.3) is 0 Å². The van der Waals surface area contributed by atoms with Crippen LogP contribution in [0.4, 0.5) is 4.79 Å². The summed E-state index contributed by atoms with van der Waals surface area (Å²) in [6.45, 7) is 7.15. The second kappa shape index (κ2) is 15.0. The number of rotatable bonds is 12. The fraction of sp³-hybridized carbons (Fsp3) is 0.538. The van der Waals surface area contributed by atoms with Crippen molar-refractivity contribution in [3.05, 3.63) is 35.4 Å². The van der Waals surface area contributed by atoms with E-state index in [1.165, 1.54) is 23.7 Å². The lowest BCUT2D eigenvalue weighted by Crippen LogP contribution is -2.52. The molecule has 36 heavy (non-hydrogen) atoms. The normalized spacial score (nSPS) is 12.5. The maximum Gasteiger partial charge on any atom is 0.408 e. The van der Waals surface area contributed by atoms with E-state index in [0.717, 1.165) is 0 Å². The topological polar surface area (TPSA) is 114 Å². The van der Waals surface area contributed by atoms with Gasteiger partial charge in [0.2, 0.25) is 11.8 Å². The first-order chi connectivity index (χ1) is 16.9. The molecule has 1 aromatic carbocycles. The van der Waals surface area contributed by atoms with Gasteiger partial charge < -0.3 is 25.0 Å². The summed E-state index contributed by atoms with van der Waals surface area (Å²) in [6, 6.07) is 4.79. The van der Waals surface area contributed by atoms with E-state index in [1.807, 2.05) is 6.26 Å². The fourth-order valence-corrected chi connectivity index (χ4v) is 3.80. The highest BCUT2D eigenvalue weighted by Gasteiger charge is 2.34. The van der Waals surface area contributed by atoms with Crippen LogP contribution in [0.15, 0.2) is 24.3 Å². The molecule has 2 unspecified atom stereocenters. The number of nitrogens with zero attached hydrogens (tertiary/aromatic N) is 1. The van der Waals surface area contributed by atoms with Crippen LogP contribution in [-0.4, -0.2) is 72.6 Å². The summed E-state index contributed by atoms with van der Waals surface area (Å²) >= 11 is 1.52. The molecule has 0 saturated carbocycles. The quantitative estimate of drug-likeness (QED) is 0.322. The van der Waals surface area contributed by atoms with Gasteiger partial charge in [0.15, 0.2) is 0 Å². The zero-order valence-electron chi connectivity index (χ0n) is 21.9. The van der Waals surface area contributed by atoms with Gasteiger partial charge in [-0.25, -0.2) is 4.79 Å². The minimum atomic E-state index is -1.09. The number of hydrogen-bond acceptors (Lipinski definition) is 7. The molecule has 10 heteroatoms. The van der Waals surface area contributed by atoms with Crippen molar-refractivity contribution in [2.75, 3.05) is 32.2 Å². The Morgan fingerprint density at radius 3 is 2.44 bits per heavy atom. The largest absolute Gasteiger partial charge is 0.466 e. The summed E-state index contributed by atoms with van der Waals surface area (Å²) in [6.07, 6.45) is 7.14. The van der Waals surface area contributed by atoms with Gasteiger partial charge >= 0.3 is 12.1 Å². The lowest BCUT2D eigenvalue weighted by molar-refractivity contribution is -0.143. The van der Waals surface area contributed by atoms with Crippen molar-refractivity contribution in [1.82, 2.24) is 15.5 Å². The van der Waals surface area contributed by atoms with Crippen LogP contribution in [0, 0.1) is 12.3 Å². The molecule has 0 aliphatic rings. The van der Waals surface area contributed by atoms with E-state index in [1.54, 1.807) is 52.0 Å². The number of carbonyl (C=O) groups excluding carboxylic acids is 4. The number of likely N-dealkylation sites (N-methyl/N-ethyl adjacent to an activating group) is 1. The average molecular weight is 520 g/mol. The van der Waals surface area contributed by atoms with Crippen LogP contribution < -0.4 is 10.6 Å². The number of thioether (sulfide) groups is 1. The van der Waals surface area contributed by atoms with Gasteiger partial charge in [-0.2, -0.15) is 11.8 Å². The van der Waals surface area contributed by atoms with E-state index in [4.69, 9.17) is 15.9 Å². The molecule has 1 rings (SSSR count). The zero-order chi connectivity index (χ0) is 27.3. The van der Waals surface area contributed by atoms with Gasteiger partial charge in [-0.15, -0.1) is 6.42 Å². The number of carbonyl (C=O) groups is 4. The molecular weight excluding hydrogens is 482 g/mol. The molecular formula is C26H37N3O6S. The molecule has 2 atom stereocenters. The molecule has 3 amide bonds. The first-order valence-electron chi connectivity index (χ1n) is 11.7. The van der Waals surface area contributed by atoms with E-state index < -0.39 is 41.6 Å². The van der Waals surface area contributed by atoms with Crippen LogP contribution in [0.5, 0.6) is 0 Å². The van der Waals surface area contributed by atoms with Gasteiger partial charge in [-0.1, -0.05) is 24.1 Å². The van der Waals surface area contributed by atoms with Crippen molar-refractivity contribution in [3.8, 4) is 12.3 Å². The van der Waals surface area contributed by atoms with E-state index in [9.17, 15) is 19.2 Å². The third-order valence-corrected chi connectivity index (χ3v) is 5.57. The second-order valence-electron chi connectivity index (χ2n) is 8.91. The second-order valence-corrected chi connectivity index (χ2v) is 9.90. The smallest absolute Gasteiger partial charge is 0.408 e. The Morgan fingerprint density at radius 2 is 1.86 bits per heavy atom. The Hall–Kier alpha value is -3.19. The maximum atomic E-state index is 13.6. The zero-order valence-corrected chi connectivity index (χ0v) is 22.7. The van der Waals surface area contributed by atoms with Gasteiger partial charge in [0, 0.05) is 19.2 Å². The third-order valence-electron chi connectivity index (χ3n) is 4.93. The molecule has 1 aromatic rings. The third kappa shape index (κ3) is 10.2. The number of esters is 1. The van der Waals surface area contributed by atoms with Crippen molar-refractivity contribution in [1.29, 1.82) is 0 Å². The molecule has 0 fully saturated rings. The van der Waals surface area contributed by atoms with Crippen molar-refractivity contribution in [2.24, 2.45) is 0 Å². The first-order valence-corrected chi connectivity index (χ1v) is 13.1. The average Bonchev–Trinajstić information content (AvgIpc) is 2.80. The van der Waals surface area contributed by atoms with Crippen LogP contribution in [0.2, 0.25) is 0 Å². The van der Waals surface area contributed by atoms with Gasteiger partial charge in [0.05, 0.1) is 13.0 Å². The minimum Gasteiger partial charge on any atom is -0.466 e. The summed E-state index contributed by atoms with van der Waals surface area (Å²) < 4.78 is 10.2. The van der Waals surface area contributed by atoms with Crippen LogP contribution in [0.3, 0.4) is 0 Å². The standard InChI is InChI=1S/C26H37N3O6S/c1-8-18-12-10-11-13-19(18)22(23(31)27-16-14-21(30)34-9-2)29(6)24(32)20(15-17-36-7)28-25(33)35-26(3,4)5/h1,10-13,20,22H,9,14-17H2,2-7H3,(H,27,31)(H,28,33). The Morgan fingerprint density at radius 1 is 1.19 bits per heavy atom. The summed E-state index contributed by atoms with van der Waals surface area (Å²) in [7, 11) is 1.48. The molecule has 9 nitrogen and oxygen atoms in total. The van der Waals surface area contributed by atoms with Crippen molar-refractivity contribution < 1.29 is 28.7 Å². The summed E-state index contributed by atoms with van der Waals surface area (Å²) in [5.74, 6) is 1.71. The summed E-state index contributed by atoms with van der Waals surface area (Å²) in [5.41, 5.74) is 0.157. The predicted molar refractivity (Wildman–Crippen MR) is 140 cm³/mol. The SMILES string of the molecule is C#Cc1ccccc1C(C(=O)NCCC(=O)OCC)N(C)C(=O)C(CCSC)NC(=O)OC(C)(C)C. The van der Waals surface area contributed by atoms with Crippen LogP contribution in [-0.2, 0) is 23.9 Å². The first kappa shape index (κ1) is 30.8. The number of amides is 3. The molecule has 0 spiro atoms. The van der Waals surface area contributed by atoms with Crippen molar-refractivity contribution >= 4 is 35.6 Å². The number of hydrogen-bond donors (Lipinski definition) is 2. The number of ether oxygens (including phenoxy) is 2. The highest BCUT2D eigenvalue weighted by Crippen LogP contribution is 2.25. The van der Waals surface area contributed by atoms with E-state index in [-0.39, 0.29) is 19.6 Å². The molecule has 0 aliphatic heterocycles. The van der Waals surface area contributed by atoms with Crippen LogP contribution in [0.1, 0.15) is 57.7 Å². The van der Waals surface area contributed by atoms with Crippen molar-refractivity contribution in [3.63, 3.8) is 0 Å². The molecule has 2 N–H and O–H groups in total. The number of terminal acetylenes is 1. The molecule has 0 aromatic heterocycles. The Kier molecular flexibility index (Phi) is 12.9. The van der Waals surface area contributed by atoms with Crippen LogP contribution in [0.25, 0.3) is 0 Å². The highest BCUT2D eigenvalue weighted by atomic mass is 32.2. The van der Waals surface area contributed by atoms with Crippen molar-refractivity contribution in [2.45, 2.75) is 58.2 Å². The fourth-order valence-electron chi connectivity index (χ4n) is 3.33. The van der Waals surface area contributed by atoms with Gasteiger partial charge in [-0.05, 0) is 57.8 Å². The lowest BCUT2D eigenvalue weighted by Gasteiger charge is -2.32. The maximum absolute atomic E-state index is 13.6. The number of alkyl carbamates (subject to hydrolysis) is 1. The molecule has 0 radical (unpaired) electrons. The lowest BCUT2D eigenvalue weighted by atomic mass is 9.98. The van der Waals surface area contributed by atoms with Gasteiger partial charge in [-0.3, -0.25) is 14.4 Å². The number of benzene rings is 1. The monoisotopic (exact) mass is 519 g/mol. The van der Waals surface area contributed by atoms with E-state index in [0.29, 0.717) is 23.3 Å². The van der Waals surface area contributed by atoms with E-state index in [2.05, 4.69) is 16.6 Å². The Labute approximate surface area is 218 Å². The molecule has 0 bridgehead atoms. The molecule has 0 heterocycles. The van der Waals surface area contributed by atoms with Crippen LogP contribution >= 0.6 is 11.8 Å². The molecule has 0 saturated heterocycles. The molecule has 0 aliphatic carbocycles. The van der Waals surface area contributed by atoms with E-state index >= 15 is 0 Å². The summed E-state index contributed by atoms with van der Waals surface area (Å²) in [5, 5.41) is 5.33. The van der Waals surface area contributed by atoms with Gasteiger partial charge in [0.1, 0.15) is 17.7 Å². The molecule has 198 valence electrons. The minimum absolute atomic E-state index is 0.0166.